The molecule has 0 radical (unpaired) electrons. The van der Waals surface area contributed by atoms with Crippen molar-refractivity contribution in [1.29, 1.82) is 0 Å². The molecule has 146 valence electrons. The van der Waals surface area contributed by atoms with Crippen molar-refractivity contribution in [2.75, 3.05) is 19.5 Å². The van der Waals surface area contributed by atoms with E-state index in [4.69, 9.17) is 21.1 Å². The van der Waals surface area contributed by atoms with E-state index in [1.807, 2.05) is 6.92 Å². The second kappa shape index (κ2) is 8.52. The second-order valence-corrected chi connectivity index (χ2v) is 6.36. The fourth-order valence-corrected chi connectivity index (χ4v) is 2.87. The number of carbonyl (C=O) groups excluding carboxylic acids is 1. The Kier molecular flexibility index (Phi) is 6.59. The first kappa shape index (κ1) is 20.9. The molecule has 2 rings (SSSR count). The normalized spacial score (nSPS) is 12.4. The molecule has 0 spiro atoms. The van der Waals surface area contributed by atoms with Gasteiger partial charge in [0, 0.05) is 18.2 Å². The van der Waals surface area contributed by atoms with Crippen LogP contribution in [-0.2, 0) is 11.0 Å². The van der Waals surface area contributed by atoms with Gasteiger partial charge in [0.05, 0.1) is 24.8 Å². The number of benzene rings is 2. The van der Waals surface area contributed by atoms with Crippen LogP contribution in [0.3, 0.4) is 0 Å². The molecule has 1 unspecified atom stereocenters. The van der Waals surface area contributed by atoms with E-state index in [1.165, 1.54) is 20.3 Å². The molecule has 27 heavy (non-hydrogen) atoms. The first-order valence-electron chi connectivity index (χ1n) is 8.04. The van der Waals surface area contributed by atoms with Crippen LogP contribution in [0, 0.1) is 0 Å². The molecule has 1 atom stereocenters. The molecule has 1 N–H and O–H groups in total. The quantitative estimate of drug-likeness (QED) is 0.694. The van der Waals surface area contributed by atoms with Gasteiger partial charge in [0.25, 0.3) is 0 Å². The highest BCUT2D eigenvalue weighted by Crippen LogP contribution is 2.36. The Morgan fingerprint density at radius 1 is 1.15 bits per heavy atom. The molecule has 0 aromatic heterocycles. The smallest absolute Gasteiger partial charge is 0.417 e. The highest BCUT2D eigenvalue weighted by Gasteiger charge is 2.33. The highest BCUT2D eigenvalue weighted by atomic mass is 35.5. The van der Waals surface area contributed by atoms with Gasteiger partial charge in [-0.3, -0.25) is 4.79 Å². The molecular weight excluding hydrogens is 383 g/mol. The Hall–Kier alpha value is -2.41. The number of halogens is 4. The van der Waals surface area contributed by atoms with Crippen molar-refractivity contribution in [3.63, 3.8) is 0 Å². The molecule has 2 aromatic rings. The van der Waals surface area contributed by atoms with Gasteiger partial charge < -0.3 is 14.8 Å². The lowest BCUT2D eigenvalue weighted by Gasteiger charge is -2.17. The van der Waals surface area contributed by atoms with Gasteiger partial charge in [-0.25, -0.2) is 0 Å². The fourth-order valence-electron chi connectivity index (χ4n) is 2.65. The summed E-state index contributed by atoms with van der Waals surface area (Å²) in [4.78, 5) is 12.3. The number of methoxy groups -OCH3 is 2. The van der Waals surface area contributed by atoms with Crippen LogP contribution in [0.1, 0.15) is 30.4 Å². The molecular formula is C19H19ClF3NO3. The first-order chi connectivity index (χ1) is 12.7. The molecule has 0 aliphatic rings. The number of rotatable bonds is 6. The van der Waals surface area contributed by atoms with Gasteiger partial charge in [-0.05, 0) is 35.7 Å². The molecule has 8 heteroatoms. The van der Waals surface area contributed by atoms with Crippen LogP contribution in [0.2, 0.25) is 5.02 Å². The second-order valence-electron chi connectivity index (χ2n) is 5.95. The summed E-state index contributed by atoms with van der Waals surface area (Å²) in [5.41, 5.74) is -0.169. The number of ether oxygens (including phenoxy) is 2. The highest BCUT2D eigenvalue weighted by molar-refractivity contribution is 6.31. The van der Waals surface area contributed by atoms with Gasteiger partial charge in [0.2, 0.25) is 5.91 Å². The summed E-state index contributed by atoms with van der Waals surface area (Å²) >= 11 is 5.58. The van der Waals surface area contributed by atoms with Crippen molar-refractivity contribution >= 4 is 23.2 Å². The van der Waals surface area contributed by atoms with Crippen LogP contribution >= 0.6 is 11.6 Å². The van der Waals surface area contributed by atoms with Gasteiger partial charge in [-0.1, -0.05) is 24.6 Å². The summed E-state index contributed by atoms with van der Waals surface area (Å²) in [7, 11) is 3.05. The number of carbonyl (C=O) groups is 1. The van der Waals surface area contributed by atoms with E-state index in [1.54, 1.807) is 18.2 Å². The summed E-state index contributed by atoms with van der Waals surface area (Å²) in [6.45, 7) is 1.83. The van der Waals surface area contributed by atoms with Gasteiger partial charge in [0.15, 0.2) is 0 Å². The molecule has 2 aromatic carbocycles. The number of alkyl halides is 3. The largest absolute Gasteiger partial charge is 0.497 e. The van der Waals surface area contributed by atoms with Gasteiger partial charge in [-0.15, -0.1) is 0 Å². The maximum atomic E-state index is 12.9. The summed E-state index contributed by atoms with van der Waals surface area (Å²) in [5.74, 6) is 0.546. The topological polar surface area (TPSA) is 47.6 Å². The minimum absolute atomic E-state index is 0.0330. The molecule has 4 nitrogen and oxygen atoms in total. The van der Waals surface area contributed by atoms with Crippen molar-refractivity contribution in [3.05, 3.63) is 52.5 Å². The Morgan fingerprint density at radius 3 is 2.44 bits per heavy atom. The summed E-state index contributed by atoms with van der Waals surface area (Å²) in [6, 6.07) is 8.50. The number of hydrogen-bond donors (Lipinski definition) is 1. The van der Waals surface area contributed by atoms with E-state index < -0.39 is 22.7 Å². The predicted octanol–water partition coefficient (Wildman–Crippen LogP) is 5.51. The van der Waals surface area contributed by atoms with Crippen molar-refractivity contribution < 1.29 is 27.4 Å². The van der Waals surface area contributed by atoms with Crippen LogP contribution in [0.4, 0.5) is 18.9 Å². The molecule has 0 saturated heterocycles. The van der Waals surface area contributed by atoms with E-state index in [0.29, 0.717) is 11.5 Å². The van der Waals surface area contributed by atoms with E-state index in [-0.39, 0.29) is 18.0 Å². The van der Waals surface area contributed by atoms with Crippen molar-refractivity contribution in [2.24, 2.45) is 0 Å². The van der Waals surface area contributed by atoms with Crippen molar-refractivity contribution in [2.45, 2.75) is 25.4 Å². The van der Waals surface area contributed by atoms with Crippen LogP contribution in [0.15, 0.2) is 36.4 Å². The van der Waals surface area contributed by atoms with Gasteiger partial charge in [-0.2, -0.15) is 13.2 Å². The lowest BCUT2D eigenvalue weighted by Crippen LogP contribution is -2.15. The Balaban J connectivity index is 2.12. The lowest BCUT2D eigenvalue weighted by molar-refractivity contribution is -0.137. The number of hydrogen-bond acceptors (Lipinski definition) is 3. The maximum Gasteiger partial charge on any atom is 0.417 e. The Morgan fingerprint density at radius 2 is 1.85 bits per heavy atom. The zero-order valence-electron chi connectivity index (χ0n) is 15.0. The van der Waals surface area contributed by atoms with E-state index in [0.717, 1.165) is 17.7 Å². The number of anilines is 1. The fraction of sp³-hybridized carbons (Fsp3) is 0.316. The Bertz CT molecular complexity index is 824. The monoisotopic (exact) mass is 401 g/mol. The van der Waals surface area contributed by atoms with E-state index in [9.17, 15) is 18.0 Å². The summed E-state index contributed by atoms with van der Waals surface area (Å²) < 4.78 is 49.2. The molecule has 0 saturated carbocycles. The minimum atomic E-state index is -4.60. The molecule has 0 aliphatic heterocycles. The van der Waals surface area contributed by atoms with Crippen molar-refractivity contribution in [1.82, 2.24) is 0 Å². The molecule has 0 fully saturated rings. The van der Waals surface area contributed by atoms with Crippen LogP contribution in [0.25, 0.3) is 0 Å². The number of amides is 1. The molecule has 0 bridgehead atoms. The standard InChI is InChI=1S/C19H19ClF3NO3/c1-11(14-6-5-13(26-2)10-17(14)27-3)8-18(25)24-12-4-7-16(20)15(9-12)19(21,22)23/h4-7,9-11H,8H2,1-3H3,(H,24,25). The summed E-state index contributed by atoms with van der Waals surface area (Å²) in [5, 5.41) is 2.06. The van der Waals surface area contributed by atoms with Crippen LogP contribution in [0.5, 0.6) is 11.5 Å². The van der Waals surface area contributed by atoms with Gasteiger partial charge >= 0.3 is 6.18 Å². The first-order valence-corrected chi connectivity index (χ1v) is 8.42. The number of nitrogens with one attached hydrogen (secondary N) is 1. The zero-order valence-corrected chi connectivity index (χ0v) is 15.7. The minimum Gasteiger partial charge on any atom is -0.497 e. The van der Waals surface area contributed by atoms with E-state index in [2.05, 4.69) is 5.32 Å². The third-order valence-electron chi connectivity index (χ3n) is 4.02. The van der Waals surface area contributed by atoms with Gasteiger partial charge in [0.1, 0.15) is 11.5 Å². The third-order valence-corrected chi connectivity index (χ3v) is 4.35. The predicted molar refractivity (Wildman–Crippen MR) is 97.7 cm³/mol. The zero-order chi connectivity index (χ0) is 20.2. The average Bonchev–Trinajstić information content (AvgIpc) is 2.61. The summed E-state index contributed by atoms with van der Waals surface area (Å²) in [6.07, 6.45) is -4.53. The maximum absolute atomic E-state index is 12.9. The molecule has 0 heterocycles. The SMILES string of the molecule is COc1ccc(C(C)CC(=O)Nc2ccc(Cl)c(C(F)(F)F)c2)c(OC)c1. The van der Waals surface area contributed by atoms with Crippen molar-refractivity contribution in [3.8, 4) is 11.5 Å². The average molecular weight is 402 g/mol. The third kappa shape index (κ3) is 5.29. The lowest BCUT2D eigenvalue weighted by atomic mass is 9.96. The van der Waals surface area contributed by atoms with E-state index >= 15 is 0 Å². The molecule has 0 aliphatic carbocycles. The van der Waals surface area contributed by atoms with Crippen LogP contribution in [-0.4, -0.2) is 20.1 Å². The van der Waals surface area contributed by atoms with Crippen LogP contribution < -0.4 is 14.8 Å². The molecule has 1 amide bonds. The Labute approximate surface area is 160 Å².